The molecule has 0 fully saturated rings. The number of nitrogens with one attached hydrogen (secondary N) is 1. The second kappa shape index (κ2) is 6.51. The largest absolute Gasteiger partial charge is 0.310 e. The summed E-state index contributed by atoms with van der Waals surface area (Å²) in [6.07, 6.45) is 0.756. The number of hydrogen-bond acceptors (Lipinski definition) is 2. The summed E-state index contributed by atoms with van der Waals surface area (Å²) in [5.41, 5.74) is 1.80. The van der Waals surface area contributed by atoms with Crippen molar-refractivity contribution in [2.45, 2.75) is 26.3 Å². The molecule has 0 spiro atoms. The minimum atomic E-state index is -0.154. The zero-order valence-corrected chi connectivity index (χ0v) is 12.6. The van der Waals surface area contributed by atoms with Gasteiger partial charge < -0.3 is 5.32 Å². The molecule has 1 nitrogen and oxygen atoms in total. The Hall–Kier alpha value is -0.900. The van der Waals surface area contributed by atoms with Gasteiger partial charge in [0, 0.05) is 22.9 Å². The molecule has 0 aliphatic carbocycles. The van der Waals surface area contributed by atoms with Crippen LogP contribution in [0.5, 0.6) is 0 Å². The van der Waals surface area contributed by atoms with Crippen LogP contribution >= 0.6 is 22.9 Å². The van der Waals surface area contributed by atoms with E-state index in [1.807, 2.05) is 32.0 Å². The van der Waals surface area contributed by atoms with Crippen molar-refractivity contribution < 1.29 is 4.39 Å². The molecule has 102 valence electrons. The van der Waals surface area contributed by atoms with Gasteiger partial charge in [-0.05, 0) is 31.7 Å². The standard InChI is InChI=1S/C15H17ClFNS/c1-3-18-14(9-11-5-7-15(16)19-11)12-8-10(2)4-6-13(12)17/h4-8,14,18H,3,9H2,1-2H3. The van der Waals surface area contributed by atoms with E-state index in [0.29, 0.717) is 0 Å². The molecule has 0 saturated carbocycles. The summed E-state index contributed by atoms with van der Waals surface area (Å²) in [5.74, 6) is -0.154. The molecule has 1 unspecified atom stereocenters. The fourth-order valence-corrected chi connectivity index (χ4v) is 3.26. The van der Waals surface area contributed by atoms with Crippen LogP contribution in [0, 0.1) is 12.7 Å². The van der Waals surface area contributed by atoms with E-state index in [0.717, 1.165) is 33.3 Å². The molecule has 2 aromatic rings. The van der Waals surface area contributed by atoms with Gasteiger partial charge in [0.1, 0.15) is 5.82 Å². The van der Waals surface area contributed by atoms with Crippen molar-refractivity contribution >= 4 is 22.9 Å². The Kier molecular flexibility index (Phi) is 4.97. The van der Waals surface area contributed by atoms with Gasteiger partial charge in [-0.25, -0.2) is 4.39 Å². The number of hydrogen-bond donors (Lipinski definition) is 1. The number of aryl methyl sites for hydroxylation is 1. The van der Waals surface area contributed by atoms with Crippen LogP contribution < -0.4 is 5.32 Å². The third-order valence-corrected chi connectivity index (χ3v) is 4.27. The molecule has 0 aliphatic rings. The quantitative estimate of drug-likeness (QED) is 0.840. The maximum atomic E-state index is 14.0. The highest BCUT2D eigenvalue weighted by atomic mass is 35.5. The van der Waals surface area contributed by atoms with Crippen LogP contribution in [0.4, 0.5) is 4.39 Å². The molecular formula is C15H17ClFNS. The van der Waals surface area contributed by atoms with Crippen LogP contribution in [0.15, 0.2) is 30.3 Å². The minimum Gasteiger partial charge on any atom is -0.310 e. The summed E-state index contributed by atoms with van der Waals surface area (Å²) < 4.78 is 14.8. The summed E-state index contributed by atoms with van der Waals surface area (Å²) in [6.45, 7) is 4.81. The van der Waals surface area contributed by atoms with Gasteiger partial charge in [0.25, 0.3) is 0 Å². The average molecular weight is 298 g/mol. The van der Waals surface area contributed by atoms with E-state index >= 15 is 0 Å². The predicted octanol–water partition coefficient (Wildman–Crippen LogP) is 4.74. The van der Waals surface area contributed by atoms with Gasteiger partial charge in [0.15, 0.2) is 0 Å². The summed E-state index contributed by atoms with van der Waals surface area (Å²) in [7, 11) is 0. The van der Waals surface area contributed by atoms with Crippen molar-refractivity contribution in [1.29, 1.82) is 0 Å². The zero-order valence-electron chi connectivity index (χ0n) is 11.0. The lowest BCUT2D eigenvalue weighted by Crippen LogP contribution is -2.23. The maximum Gasteiger partial charge on any atom is 0.128 e. The molecule has 1 atom stereocenters. The molecule has 1 aromatic heterocycles. The Balaban J connectivity index is 2.26. The third kappa shape index (κ3) is 3.78. The Morgan fingerprint density at radius 2 is 2.11 bits per heavy atom. The van der Waals surface area contributed by atoms with E-state index in [9.17, 15) is 4.39 Å². The predicted molar refractivity (Wildman–Crippen MR) is 80.6 cm³/mol. The monoisotopic (exact) mass is 297 g/mol. The number of rotatable bonds is 5. The van der Waals surface area contributed by atoms with Crippen molar-refractivity contribution in [3.05, 3.63) is 56.5 Å². The molecule has 2 rings (SSSR count). The Bertz CT molecular complexity index is 553. The van der Waals surface area contributed by atoms with Gasteiger partial charge in [0.05, 0.1) is 4.34 Å². The van der Waals surface area contributed by atoms with Gasteiger partial charge in [-0.3, -0.25) is 0 Å². The van der Waals surface area contributed by atoms with Crippen molar-refractivity contribution in [2.75, 3.05) is 6.54 Å². The van der Waals surface area contributed by atoms with Crippen molar-refractivity contribution in [1.82, 2.24) is 5.32 Å². The molecule has 0 amide bonds. The maximum absolute atomic E-state index is 14.0. The molecule has 0 aliphatic heterocycles. The lowest BCUT2D eigenvalue weighted by Gasteiger charge is -2.19. The molecule has 0 radical (unpaired) electrons. The molecule has 1 N–H and O–H groups in total. The third-order valence-electron chi connectivity index (χ3n) is 3.01. The van der Waals surface area contributed by atoms with Gasteiger partial charge in [-0.1, -0.05) is 36.2 Å². The first-order valence-corrected chi connectivity index (χ1v) is 7.53. The summed E-state index contributed by atoms with van der Waals surface area (Å²) in [5, 5.41) is 3.35. The van der Waals surface area contributed by atoms with E-state index < -0.39 is 0 Å². The normalized spacial score (nSPS) is 12.6. The van der Waals surface area contributed by atoms with Crippen molar-refractivity contribution in [2.24, 2.45) is 0 Å². The van der Waals surface area contributed by atoms with Gasteiger partial charge in [0.2, 0.25) is 0 Å². The van der Waals surface area contributed by atoms with Crippen LogP contribution in [-0.4, -0.2) is 6.54 Å². The van der Waals surface area contributed by atoms with E-state index in [-0.39, 0.29) is 11.9 Å². The van der Waals surface area contributed by atoms with Gasteiger partial charge in [-0.15, -0.1) is 11.3 Å². The fourth-order valence-electron chi connectivity index (χ4n) is 2.13. The van der Waals surface area contributed by atoms with E-state index in [4.69, 9.17) is 11.6 Å². The van der Waals surface area contributed by atoms with Crippen LogP contribution in [-0.2, 0) is 6.42 Å². The highest BCUT2D eigenvalue weighted by Gasteiger charge is 2.16. The highest BCUT2D eigenvalue weighted by Crippen LogP contribution is 2.28. The van der Waals surface area contributed by atoms with Crippen molar-refractivity contribution in [3.63, 3.8) is 0 Å². The van der Waals surface area contributed by atoms with Gasteiger partial charge in [-0.2, -0.15) is 0 Å². The second-order valence-electron chi connectivity index (χ2n) is 4.55. The van der Waals surface area contributed by atoms with E-state index in [1.54, 1.807) is 17.4 Å². The Morgan fingerprint density at radius 1 is 1.32 bits per heavy atom. The second-order valence-corrected chi connectivity index (χ2v) is 6.34. The van der Waals surface area contributed by atoms with Crippen LogP contribution in [0.25, 0.3) is 0 Å². The zero-order chi connectivity index (χ0) is 13.8. The number of thiophene rings is 1. The van der Waals surface area contributed by atoms with E-state index in [2.05, 4.69) is 5.32 Å². The minimum absolute atomic E-state index is 0.0142. The molecule has 1 aromatic carbocycles. The molecule has 4 heteroatoms. The molecule has 0 saturated heterocycles. The van der Waals surface area contributed by atoms with Crippen LogP contribution in [0.1, 0.15) is 29.0 Å². The SMILES string of the molecule is CCNC(Cc1ccc(Cl)s1)c1cc(C)ccc1F. The van der Waals surface area contributed by atoms with Crippen LogP contribution in [0.3, 0.4) is 0 Å². The fraction of sp³-hybridized carbons (Fsp3) is 0.333. The number of halogens is 2. The topological polar surface area (TPSA) is 12.0 Å². The average Bonchev–Trinajstić information content (AvgIpc) is 2.77. The summed E-state index contributed by atoms with van der Waals surface area (Å²) in [4.78, 5) is 1.16. The summed E-state index contributed by atoms with van der Waals surface area (Å²) >= 11 is 7.50. The molecule has 0 bridgehead atoms. The number of benzene rings is 1. The number of likely N-dealkylation sites (N-methyl/N-ethyl adjacent to an activating group) is 1. The Labute approximate surface area is 122 Å². The smallest absolute Gasteiger partial charge is 0.128 e. The van der Waals surface area contributed by atoms with Gasteiger partial charge >= 0.3 is 0 Å². The molecule has 19 heavy (non-hydrogen) atoms. The first-order valence-electron chi connectivity index (χ1n) is 6.33. The highest BCUT2D eigenvalue weighted by molar-refractivity contribution is 7.16. The van der Waals surface area contributed by atoms with Crippen LogP contribution in [0.2, 0.25) is 4.34 Å². The van der Waals surface area contributed by atoms with E-state index in [1.165, 1.54) is 6.07 Å². The van der Waals surface area contributed by atoms with Crippen molar-refractivity contribution in [3.8, 4) is 0 Å². The Morgan fingerprint density at radius 3 is 2.74 bits per heavy atom. The molecule has 1 heterocycles. The summed E-state index contributed by atoms with van der Waals surface area (Å²) in [6, 6.07) is 9.12. The molecular weight excluding hydrogens is 281 g/mol. The lowest BCUT2D eigenvalue weighted by atomic mass is 10.00. The first-order chi connectivity index (χ1) is 9.10. The first kappa shape index (κ1) is 14.5. The lowest BCUT2D eigenvalue weighted by molar-refractivity contribution is 0.512.